The number of carbonyl (C=O) groups is 1. The summed E-state index contributed by atoms with van der Waals surface area (Å²) in [6.45, 7) is 6.29. The van der Waals surface area contributed by atoms with Crippen molar-refractivity contribution in [2.24, 2.45) is 5.92 Å². The van der Waals surface area contributed by atoms with Crippen molar-refractivity contribution in [2.75, 3.05) is 6.61 Å². The highest BCUT2D eigenvalue weighted by molar-refractivity contribution is 5.81. The van der Waals surface area contributed by atoms with E-state index in [1.54, 1.807) is 0 Å². The summed E-state index contributed by atoms with van der Waals surface area (Å²) in [7, 11) is 0. The lowest BCUT2D eigenvalue weighted by Crippen LogP contribution is -2.14. The molecular weight excluding hydrogens is 164 g/mol. The number of Topliss-reactive ketones (excluding diaryl/α,β-unsaturated/α-hetero) is 1. The molecule has 2 atom stereocenters. The van der Waals surface area contributed by atoms with Gasteiger partial charge in [0.2, 0.25) is 0 Å². The molecule has 1 saturated heterocycles. The fraction of sp³-hybridized carbons (Fsp3) is 0.727. The molecule has 1 aliphatic rings. The van der Waals surface area contributed by atoms with Crippen LogP contribution in [0.25, 0.3) is 0 Å². The normalized spacial score (nSPS) is 27.5. The Balaban J connectivity index is 2.19. The Morgan fingerprint density at radius 2 is 2.46 bits per heavy atom. The molecule has 0 spiro atoms. The number of unbranched alkanes of at least 4 members (excludes halogenated alkanes) is 1. The lowest BCUT2D eigenvalue weighted by Gasteiger charge is -2.04. The van der Waals surface area contributed by atoms with Crippen molar-refractivity contribution in [3.05, 3.63) is 12.7 Å². The van der Waals surface area contributed by atoms with Crippen LogP contribution in [-0.2, 0) is 9.53 Å². The molecule has 0 N–H and O–H groups in total. The molecule has 0 aromatic carbocycles. The summed E-state index contributed by atoms with van der Waals surface area (Å²) in [5.41, 5.74) is 0. The number of ketones is 1. The molecule has 2 unspecified atom stereocenters. The summed E-state index contributed by atoms with van der Waals surface area (Å²) < 4.78 is 5.35. The largest absolute Gasteiger partial charge is 0.378 e. The lowest BCUT2D eigenvalue weighted by atomic mass is 9.97. The molecule has 0 aliphatic carbocycles. The van der Waals surface area contributed by atoms with E-state index < -0.39 is 0 Å². The number of ether oxygens (including phenoxy) is 1. The van der Waals surface area contributed by atoms with Crippen LogP contribution in [0.5, 0.6) is 0 Å². The van der Waals surface area contributed by atoms with E-state index in [0.717, 1.165) is 19.3 Å². The molecule has 1 aliphatic heterocycles. The highest BCUT2D eigenvalue weighted by Gasteiger charge is 2.27. The lowest BCUT2D eigenvalue weighted by molar-refractivity contribution is -0.122. The number of allylic oxidation sites excluding steroid dienone is 1. The molecule has 1 heterocycles. The Morgan fingerprint density at radius 3 is 3.00 bits per heavy atom. The zero-order chi connectivity index (χ0) is 9.68. The Morgan fingerprint density at radius 1 is 1.69 bits per heavy atom. The first-order chi connectivity index (χ1) is 6.24. The summed E-state index contributed by atoms with van der Waals surface area (Å²) in [5, 5.41) is 0. The highest BCUT2D eigenvalue weighted by Crippen LogP contribution is 2.21. The summed E-state index contributed by atoms with van der Waals surface area (Å²) in [4.78, 5) is 11.6. The van der Waals surface area contributed by atoms with E-state index in [4.69, 9.17) is 4.74 Å². The maximum Gasteiger partial charge on any atom is 0.138 e. The molecule has 2 nitrogen and oxygen atoms in total. The van der Waals surface area contributed by atoms with Crippen LogP contribution in [0.2, 0.25) is 0 Å². The molecule has 0 aromatic rings. The molecular formula is C11H18O2. The van der Waals surface area contributed by atoms with Gasteiger partial charge in [-0.2, -0.15) is 0 Å². The second-order valence-corrected chi connectivity index (χ2v) is 3.72. The standard InChI is InChI=1S/C11H18O2/c1-3-4-5-6-11(12)10-7-9(2)13-8-10/h3,9-10H,1,4-8H2,2H3. The van der Waals surface area contributed by atoms with Crippen molar-refractivity contribution in [1.29, 1.82) is 0 Å². The Bertz CT molecular complexity index is 187. The summed E-state index contributed by atoms with van der Waals surface area (Å²) in [5.74, 6) is 0.533. The van der Waals surface area contributed by atoms with Crippen LogP contribution in [0.15, 0.2) is 12.7 Å². The number of rotatable bonds is 5. The van der Waals surface area contributed by atoms with Crippen LogP contribution in [0.4, 0.5) is 0 Å². The van der Waals surface area contributed by atoms with E-state index in [0.29, 0.717) is 18.8 Å². The van der Waals surface area contributed by atoms with Gasteiger partial charge in [0, 0.05) is 12.3 Å². The van der Waals surface area contributed by atoms with Crippen LogP contribution in [-0.4, -0.2) is 18.5 Å². The van der Waals surface area contributed by atoms with E-state index in [2.05, 4.69) is 6.58 Å². The number of hydrogen-bond acceptors (Lipinski definition) is 2. The van der Waals surface area contributed by atoms with Crippen LogP contribution in [0.3, 0.4) is 0 Å². The first kappa shape index (κ1) is 10.5. The van der Waals surface area contributed by atoms with Gasteiger partial charge in [-0.15, -0.1) is 6.58 Å². The quantitative estimate of drug-likeness (QED) is 0.482. The van der Waals surface area contributed by atoms with Gasteiger partial charge in [0.1, 0.15) is 5.78 Å². The van der Waals surface area contributed by atoms with Crippen LogP contribution < -0.4 is 0 Å². The zero-order valence-electron chi connectivity index (χ0n) is 8.29. The third kappa shape index (κ3) is 3.31. The van der Waals surface area contributed by atoms with Crippen molar-refractivity contribution in [1.82, 2.24) is 0 Å². The fourth-order valence-corrected chi connectivity index (χ4v) is 1.67. The summed E-state index contributed by atoms with van der Waals surface area (Å²) in [6, 6.07) is 0. The predicted octanol–water partition coefficient (Wildman–Crippen LogP) is 2.34. The average molecular weight is 182 g/mol. The molecule has 0 aromatic heterocycles. The molecule has 74 valence electrons. The van der Waals surface area contributed by atoms with Crippen molar-refractivity contribution in [3.63, 3.8) is 0 Å². The molecule has 0 bridgehead atoms. The third-order valence-corrected chi connectivity index (χ3v) is 2.49. The molecule has 1 rings (SSSR count). The van der Waals surface area contributed by atoms with Crippen molar-refractivity contribution in [2.45, 2.75) is 38.7 Å². The van der Waals surface area contributed by atoms with Crippen molar-refractivity contribution >= 4 is 5.78 Å². The minimum Gasteiger partial charge on any atom is -0.378 e. The van der Waals surface area contributed by atoms with Gasteiger partial charge in [-0.1, -0.05) is 6.08 Å². The smallest absolute Gasteiger partial charge is 0.138 e. The predicted molar refractivity (Wildman–Crippen MR) is 52.6 cm³/mol. The van der Waals surface area contributed by atoms with Crippen molar-refractivity contribution < 1.29 is 9.53 Å². The SMILES string of the molecule is C=CCCCC(=O)C1COC(C)C1. The van der Waals surface area contributed by atoms with E-state index in [1.165, 1.54) is 0 Å². The molecule has 0 saturated carbocycles. The van der Waals surface area contributed by atoms with Gasteiger partial charge in [0.05, 0.1) is 12.7 Å². The van der Waals surface area contributed by atoms with Gasteiger partial charge in [-0.25, -0.2) is 0 Å². The van der Waals surface area contributed by atoms with Crippen molar-refractivity contribution in [3.8, 4) is 0 Å². The Kier molecular flexibility index (Phi) is 4.16. The monoisotopic (exact) mass is 182 g/mol. The summed E-state index contributed by atoms with van der Waals surface area (Å²) >= 11 is 0. The molecule has 0 amide bonds. The van der Waals surface area contributed by atoms with Gasteiger partial charge >= 0.3 is 0 Å². The second-order valence-electron chi connectivity index (χ2n) is 3.72. The van der Waals surface area contributed by atoms with Crippen LogP contribution in [0, 0.1) is 5.92 Å². The number of carbonyl (C=O) groups excluding carboxylic acids is 1. The maximum atomic E-state index is 11.6. The van der Waals surface area contributed by atoms with Crippen LogP contribution in [0.1, 0.15) is 32.6 Å². The molecule has 2 heteroatoms. The average Bonchev–Trinajstić information content (AvgIpc) is 2.52. The van der Waals surface area contributed by atoms with Gasteiger partial charge in [0.15, 0.2) is 0 Å². The second kappa shape index (κ2) is 5.18. The van der Waals surface area contributed by atoms with Crippen LogP contribution >= 0.6 is 0 Å². The topological polar surface area (TPSA) is 26.3 Å². The van der Waals surface area contributed by atoms with Gasteiger partial charge in [-0.05, 0) is 26.2 Å². The number of hydrogen-bond donors (Lipinski definition) is 0. The highest BCUT2D eigenvalue weighted by atomic mass is 16.5. The van der Waals surface area contributed by atoms with E-state index >= 15 is 0 Å². The summed E-state index contributed by atoms with van der Waals surface area (Å²) in [6.07, 6.45) is 5.61. The van der Waals surface area contributed by atoms with E-state index in [-0.39, 0.29) is 12.0 Å². The Hall–Kier alpha value is -0.630. The van der Waals surface area contributed by atoms with E-state index in [1.807, 2.05) is 13.0 Å². The minimum absolute atomic E-state index is 0.166. The van der Waals surface area contributed by atoms with Gasteiger partial charge < -0.3 is 4.74 Å². The van der Waals surface area contributed by atoms with E-state index in [9.17, 15) is 4.79 Å². The fourth-order valence-electron chi connectivity index (χ4n) is 1.67. The molecule has 13 heavy (non-hydrogen) atoms. The first-order valence-corrected chi connectivity index (χ1v) is 4.99. The maximum absolute atomic E-state index is 11.6. The third-order valence-electron chi connectivity index (χ3n) is 2.49. The first-order valence-electron chi connectivity index (χ1n) is 4.99. The Labute approximate surface area is 80.0 Å². The van der Waals surface area contributed by atoms with Gasteiger partial charge in [-0.3, -0.25) is 4.79 Å². The molecule has 0 radical (unpaired) electrons. The minimum atomic E-state index is 0.166. The molecule has 1 fully saturated rings. The van der Waals surface area contributed by atoms with Gasteiger partial charge in [0.25, 0.3) is 0 Å². The zero-order valence-corrected chi connectivity index (χ0v) is 8.29.